The standard InChI is InChI=1S/C32H32N4O7S/c1-31(2)35(28(38)23(36(31)33-41)20-13-7-4-8-14-20)24-27(37)34-26(32(3,40)19-44(42)29(24)34)30(39)43-25(21-15-9-5-10-16-21)22-17-11-6-12-18-22/h4-18,23-26,29,40H,19H2,1-3H3/t23?,24?,26?,29-,32?,44?/m0/s1. The summed E-state index contributed by atoms with van der Waals surface area (Å²) in [6.07, 6.45) is -0.836. The van der Waals surface area contributed by atoms with E-state index in [-0.39, 0.29) is 5.75 Å². The molecule has 3 aliphatic heterocycles. The number of carbonyl (C=O) groups is 3. The number of amides is 2. The van der Waals surface area contributed by atoms with Gasteiger partial charge in [0.1, 0.15) is 17.0 Å². The Morgan fingerprint density at radius 2 is 1.45 bits per heavy atom. The maximum absolute atomic E-state index is 14.0. The molecule has 11 nitrogen and oxygen atoms in total. The zero-order valence-corrected chi connectivity index (χ0v) is 25.2. The van der Waals surface area contributed by atoms with Crippen LogP contribution in [-0.4, -0.2) is 76.7 Å². The Balaban J connectivity index is 1.33. The molecule has 3 saturated heterocycles. The summed E-state index contributed by atoms with van der Waals surface area (Å²) in [4.78, 5) is 56.2. The Bertz CT molecular complexity index is 1530. The van der Waals surface area contributed by atoms with Crippen LogP contribution in [0.3, 0.4) is 0 Å². The Kier molecular flexibility index (Phi) is 7.47. The molecule has 0 radical (unpaired) electrons. The van der Waals surface area contributed by atoms with Crippen LogP contribution in [0.15, 0.2) is 96.3 Å². The average Bonchev–Trinajstić information content (AvgIpc) is 3.20. The first-order chi connectivity index (χ1) is 21.0. The minimum Gasteiger partial charge on any atom is -0.615 e. The quantitative estimate of drug-likeness (QED) is 0.185. The zero-order valence-electron chi connectivity index (χ0n) is 24.3. The fraction of sp³-hybridized carbons (Fsp3) is 0.344. The van der Waals surface area contributed by atoms with Crippen molar-refractivity contribution < 1.29 is 28.8 Å². The summed E-state index contributed by atoms with van der Waals surface area (Å²) in [6.45, 7) is 4.52. The van der Waals surface area contributed by atoms with E-state index in [4.69, 9.17) is 4.74 Å². The van der Waals surface area contributed by atoms with Gasteiger partial charge in [0, 0.05) is 0 Å². The van der Waals surface area contributed by atoms with Gasteiger partial charge in [-0.05, 0) is 48.6 Å². The lowest BCUT2D eigenvalue weighted by molar-refractivity contribution is -0.189. The van der Waals surface area contributed by atoms with Crippen LogP contribution in [0, 0.1) is 4.91 Å². The predicted molar refractivity (Wildman–Crippen MR) is 160 cm³/mol. The number of aliphatic hydroxyl groups is 1. The summed E-state index contributed by atoms with van der Waals surface area (Å²) in [6, 6.07) is 22.9. The zero-order chi connectivity index (χ0) is 31.4. The maximum atomic E-state index is 14.0. The van der Waals surface area contributed by atoms with Crippen molar-refractivity contribution in [1.29, 1.82) is 0 Å². The van der Waals surface area contributed by atoms with Crippen molar-refractivity contribution in [2.24, 2.45) is 5.29 Å². The average molecular weight is 617 g/mol. The van der Waals surface area contributed by atoms with E-state index < -0.39 is 69.8 Å². The number of esters is 1. The SMILES string of the molecule is CC1(O)C[S+]([O-])[C@H]2C(N3C(=O)C(c4ccccc4)N(N=O)C3(C)C)C(=O)N2C1C(=O)OC(c1ccccc1)c1ccccc1. The van der Waals surface area contributed by atoms with Crippen LogP contribution in [0.1, 0.15) is 49.6 Å². The van der Waals surface area contributed by atoms with Crippen molar-refractivity contribution in [3.05, 3.63) is 113 Å². The molecule has 0 aromatic heterocycles. The van der Waals surface area contributed by atoms with Crippen LogP contribution in [0.5, 0.6) is 0 Å². The van der Waals surface area contributed by atoms with Gasteiger partial charge in [-0.15, -0.1) is 4.91 Å². The summed E-state index contributed by atoms with van der Waals surface area (Å²) in [5, 5.41) is 14.5. The highest BCUT2D eigenvalue weighted by atomic mass is 32.2. The summed E-state index contributed by atoms with van der Waals surface area (Å²) in [5.41, 5.74) is -1.36. The van der Waals surface area contributed by atoms with E-state index in [2.05, 4.69) is 5.29 Å². The molecule has 3 heterocycles. The smallest absolute Gasteiger partial charge is 0.333 e. The van der Waals surface area contributed by atoms with Gasteiger partial charge in [-0.2, -0.15) is 0 Å². The number of benzene rings is 3. The molecule has 6 atom stereocenters. The highest BCUT2D eigenvalue weighted by Crippen LogP contribution is 2.48. The van der Waals surface area contributed by atoms with Gasteiger partial charge in [0.2, 0.25) is 5.37 Å². The Morgan fingerprint density at radius 1 is 0.932 bits per heavy atom. The number of fused-ring (bicyclic) bond motifs is 1. The molecule has 0 saturated carbocycles. The van der Waals surface area contributed by atoms with E-state index >= 15 is 0 Å². The molecule has 5 unspecified atom stereocenters. The third kappa shape index (κ3) is 4.64. The highest BCUT2D eigenvalue weighted by molar-refractivity contribution is 7.92. The molecule has 1 N–H and O–H groups in total. The van der Waals surface area contributed by atoms with E-state index in [1.165, 1.54) is 11.8 Å². The number of carbonyl (C=O) groups excluding carboxylic acids is 3. The lowest BCUT2D eigenvalue weighted by Gasteiger charge is -2.58. The molecular formula is C32H32N4O7S. The molecule has 3 aromatic carbocycles. The molecule has 3 fully saturated rings. The highest BCUT2D eigenvalue weighted by Gasteiger charge is 2.72. The van der Waals surface area contributed by atoms with Gasteiger partial charge in [-0.1, -0.05) is 91.0 Å². The fourth-order valence-electron chi connectivity index (χ4n) is 6.61. The first-order valence-electron chi connectivity index (χ1n) is 14.2. The van der Waals surface area contributed by atoms with Gasteiger partial charge in [0.25, 0.3) is 11.8 Å². The Labute approximate surface area is 257 Å². The van der Waals surface area contributed by atoms with Crippen molar-refractivity contribution in [1.82, 2.24) is 14.8 Å². The van der Waals surface area contributed by atoms with E-state index in [9.17, 15) is 28.9 Å². The third-order valence-electron chi connectivity index (χ3n) is 8.63. The lowest BCUT2D eigenvalue weighted by Crippen LogP contribution is -2.84. The second-order valence-corrected chi connectivity index (χ2v) is 13.5. The Hall–Kier alpha value is -4.26. The van der Waals surface area contributed by atoms with Crippen LogP contribution < -0.4 is 0 Å². The molecule has 44 heavy (non-hydrogen) atoms. The summed E-state index contributed by atoms with van der Waals surface area (Å²) < 4.78 is 19.6. The van der Waals surface area contributed by atoms with E-state index in [0.29, 0.717) is 16.7 Å². The largest absolute Gasteiger partial charge is 0.615 e. The number of hydrogen-bond donors (Lipinski definition) is 1. The van der Waals surface area contributed by atoms with Crippen molar-refractivity contribution in [2.45, 2.75) is 61.6 Å². The van der Waals surface area contributed by atoms with Crippen LogP contribution in [0.2, 0.25) is 0 Å². The minimum atomic E-state index is -1.88. The summed E-state index contributed by atoms with van der Waals surface area (Å²) in [7, 11) is 0. The second-order valence-electron chi connectivity index (χ2n) is 11.9. The Morgan fingerprint density at radius 3 is 1.98 bits per heavy atom. The normalized spacial score (nSPS) is 29.3. The minimum absolute atomic E-state index is 0.334. The molecule has 0 bridgehead atoms. The van der Waals surface area contributed by atoms with Crippen molar-refractivity contribution in [3.63, 3.8) is 0 Å². The monoisotopic (exact) mass is 616 g/mol. The van der Waals surface area contributed by atoms with Crippen LogP contribution >= 0.6 is 0 Å². The van der Waals surface area contributed by atoms with Crippen LogP contribution in [0.4, 0.5) is 0 Å². The number of β-lactam (4-membered cyclic amide) rings is 1. The molecule has 228 valence electrons. The molecule has 3 aliphatic rings. The second kappa shape index (κ2) is 11.0. The fourth-order valence-corrected chi connectivity index (χ4v) is 8.52. The molecular weight excluding hydrogens is 584 g/mol. The molecule has 2 amide bonds. The first kappa shape index (κ1) is 29.8. The van der Waals surface area contributed by atoms with Crippen molar-refractivity contribution >= 4 is 29.0 Å². The lowest BCUT2D eigenvalue weighted by atomic mass is 9.89. The van der Waals surface area contributed by atoms with Gasteiger partial charge in [0.15, 0.2) is 24.2 Å². The summed E-state index contributed by atoms with van der Waals surface area (Å²) in [5.74, 6) is -2.44. The van der Waals surface area contributed by atoms with E-state index in [1.807, 2.05) is 60.7 Å². The number of nitrogens with zero attached hydrogens (tertiary/aromatic N) is 4. The topological polar surface area (TPSA) is 143 Å². The maximum Gasteiger partial charge on any atom is 0.333 e. The number of ether oxygens (including phenoxy) is 1. The van der Waals surface area contributed by atoms with E-state index in [0.717, 1.165) is 9.91 Å². The summed E-state index contributed by atoms with van der Waals surface area (Å²) >= 11 is -1.86. The van der Waals surface area contributed by atoms with Gasteiger partial charge in [-0.3, -0.25) is 19.4 Å². The molecule has 3 aromatic rings. The van der Waals surface area contributed by atoms with Gasteiger partial charge < -0.3 is 14.4 Å². The molecule has 0 aliphatic carbocycles. The van der Waals surface area contributed by atoms with Gasteiger partial charge in [0.05, 0.1) is 5.29 Å². The number of nitroso groups, excluding NO2 is 1. The molecule has 12 heteroatoms. The van der Waals surface area contributed by atoms with Crippen molar-refractivity contribution in [3.8, 4) is 0 Å². The van der Waals surface area contributed by atoms with Crippen molar-refractivity contribution in [2.75, 3.05) is 5.75 Å². The van der Waals surface area contributed by atoms with Gasteiger partial charge in [-0.25, -0.2) is 9.80 Å². The van der Waals surface area contributed by atoms with Crippen LogP contribution in [0.25, 0.3) is 0 Å². The van der Waals surface area contributed by atoms with Gasteiger partial charge >= 0.3 is 5.97 Å². The predicted octanol–water partition coefficient (Wildman–Crippen LogP) is 3.04. The molecule has 0 spiro atoms. The van der Waals surface area contributed by atoms with Crippen LogP contribution in [-0.2, 0) is 30.3 Å². The molecule has 6 rings (SSSR count). The third-order valence-corrected chi connectivity index (χ3v) is 10.5. The number of rotatable bonds is 7. The van der Waals surface area contributed by atoms with E-state index in [1.54, 1.807) is 44.2 Å². The number of hydrogen-bond acceptors (Lipinski definition) is 8. The first-order valence-corrected chi connectivity index (χ1v) is 15.6.